The molecule has 1 aromatic carbocycles. The maximum absolute atomic E-state index is 11.7. The van der Waals surface area contributed by atoms with Crippen molar-refractivity contribution in [3.63, 3.8) is 0 Å². The Morgan fingerprint density at radius 3 is 2.41 bits per heavy atom. The highest BCUT2D eigenvalue weighted by atomic mass is 35.5. The summed E-state index contributed by atoms with van der Waals surface area (Å²) in [5.74, 6) is 0.349. The predicted octanol–water partition coefficient (Wildman–Crippen LogP) is 0.240. The zero-order valence-electron chi connectivity index (χ0n) is 18.9. The highest BCUT2D eigenvalue weighted by molar-refractivity contribution is 7.53. The van der Waals surface area contributed by atoms with Gasteiger partial charge in [-0.25, -0.2) is 4.68 Å². The topological polar surface area (TPSA) is 213 Å². The minimum absolute atomic E-state index is 0.127. The Kier molecular flexibility index (Phi) is 8.38. The monoisotopic (exact) mass is 579 g/mol. The lowest BCUT2D eigenvalue weighted by atomic mass is 10.1. The maximum atomic E-state index is 11.7. The first kappa shape index (κ1) is 28.1. The molecule has 0 unspecified atom stereocenters. The molecule has 202 valence electrons. The third-order valence-electron chi connectivity index (χ3n) is 5.92. The Labute approximate surface area is 219 Å². The Morgan fingerprint density at radius 2 is 1.78 bits per heavy atom. The number of benzene rings is 1. The zero-order valence-corrected chi connectivity index (χ0v) is 21.3. The number of aliphatic hydroxyl groups is 4. The Bertz CT molecular complexity index is 1290. The van der Waals surface area contributed by atoms with E-state index >= 15 is 0 Å². The summed E-state index contributed by atoms with van der Waals surface area (Å²) >= 11 is 12.0. The van der Waals surface area contributed by atoms with E-state index in [4.69, 9.17) is 32.7 Å². The van der Waals surface area contributed by atoms with Crippen LogP contribution in [0.5, 0.6) is 0 Å². The van der Waals surface area contributed by atoms with Crippen molar-refractivity contribution in [2.75, 3.05) is 25.1 Å². The second-order valence-electron chi connectivity index (χ2n) is 8.31. The molecule has 0 bridgehead atoms. The van der Waals surface area contributed by atoms with Crippen LogP contribution in [0, 0.1) is 0 Å². The van der Waals surface area contributed by atoms with Crippen LogP contribution in [0.2, 0.25) is 10.3 Å². The second-order valence-corrected chi connectivity index (χ2v) is 11.0. The average Bonchev–Trinajstić information content (AvgIpc) is 3.39. The van der Waals surface area contributed by atoms with E-state index in [1.165, 1.54) is 10.9 Å². The van der Waals surface area contributed by atoms with E-state index in [1.807, 2.05) is 12.1 Å². The normalized spacial score (nSPS) is 22.6. The van der Waals surface area contributed by atoms with Gasteiger partial charge in [0, 0.05) is 11.6 Å². The summed E-state index contributed by atoms with van der Waals surface area (Å²) in [5.41, 5.74) is 1.09. The van der Waals surface area contributed by atoms with Crippen molar-refractivity contribution in [1.82, 2.24) is 19.7 Å². The van der Waals surface area contributed by atoms with E-state index < -0.39 is 57.3 Å². The van der Waals surface area contributed by atoms with Gasteiger partial charge < -0.3 is 45.0 Å². The molecule has 0 aliphatic carbocycles. The molecule has 2 aromatic heterocycles. The largest absolute Gasteiger partial charge is 0.393 e. The third-order valence-corrected chi connectivity index (χ3v) is 7.81. The number of hydrogen-bond acceptors (Lipinski definition) is 11. The van der Waals surface area contributed by atoms with Gasteiger partial charge in [0.15, 0.2) is 11.9 Å². The molecule has 0 amide bonds. The molecule has 4 atom stereocenters. The highest BCUT2D eigenvalue weighted by Gasteiger charge is 2.51. The molecule has 0 spiro atoms. The van der Waals surface area contributed by atoms with Crippen molar-refractivity contribution in [2.45, 2.75) is 36.4 Å². The quantitative estimate of drug-likeness (QED) is 0.127. The van der Waals surface area contributed by atoms with Crippen LogP contribution in [-0.2, 0) is 20.6 Å². The van der Waals surface area contributed by atoms with Gasteiger partial charge in [-0.15, -0.1) is 0 Å². The first-order chi connectivity index (χ1) is 17.5. The molecule has 3 aromatic rings. The van der Waals surface area contributed by atoms with Gasteiger partial charge in [0.05, 0.1) is 31.4 Å². The van der Waals surface area contributed by atoms with Gasteiger partial charge in [-0.05, 0) is 29.3 Å². The lowest BCUT2D eigenvalue weighted by Crippen LogP contribution is -2.44. The van der Waals surface area contributed by atoms with Crippen molar-refractivity contribution in [3.05, 3.63) is 46.3 Å². The van der Waals surface area contributed by atoms with Crippen LogP contribution in [0.25, 0.3) is 11.0 Å². The average molecular weight is 580 g/mol. The summed E-state index contributed by atoms with van der Waals surface area (Å²) in [7, 11) is -5.12. The van der Waals surface area contributed by atoms with E-state index in [0.717, 1.165) is 5.56 Å². The molecule has 3 heterocycles. The number of ether oxygens (including phenoxy) is 2. The molecule has 0 saturated carbocycles. The maximum Gasteiger partial charge on any atom is 0.361 e. The molecule has 4 rings (SSSR count). The van der Waals surface area contributed by atoms with Gasteiger partial charge in [-0.1, -0.05) is 23.7 Å². The summed E-state index contributed by atoms with van der Waals surface area (Å²) in [6.45, 7) is -2.70. The number of halogens is 2. The molecule has 1 fully saturated rings. The number of anilines is 1. The standard InChI is InChI=1S/C20H24Cl2N5O9P/c21-11-3-1-10(2-4-11)5-23-16-12-6-24-27(17(12)26-19(22)25-16)18-15(31)14(30)13(36-18)7-35-20(8-28,9-29)37(32,33)34/h1-4,6,13-15,18,28-31H,5,7-9H2,(H,23,25,26)(H2,32,33,34)/t13-,14-,15-,18+/m1/s1. The van der Waals surface area contributed by atoms with Crippen molar-refractivity contribution in [2.24, 2.45) is 0 Å². The van der Waals surface area contributed by atoms with Crippen LogP contribution in [0.4, 0.5) is 5.82 Å². The van der Waals surface area contributed by atoms with E-state index in [-0.39, 0.29) is 10.9 Å². The van der Waals surface area contributed by atoms with Gasteiger partial charge >= 0.3 is 7.60 Å². The molecule has 14 nitrogen and oxygen atoms in total. The minimum atomic E-state index is -5.12. The number of aliphatic hydroxyl groups excluding tert-OH is 4. The SMILES string of the molecule is O=P(O)(O)C(CO)(CO)OC[C@H]1O[C@H](n2ncc3c(NCc4ccc(Cl)cc4)nc(Cl)nc32)[C@H](O)[C@@H]1O. The van der Waals surface area contributed by atoms with E-state index in [0.29, 0.717) is 22.8 Å². The van der Waals surface area contributed by atoms with E-state index in [2.05, 4.69) is 20.4 Å². The van der Waals surface area contributed by atoms with Crippen molar-refractivity contribution >= 4 is 47.6 Å². The van der Waals surface area contributed by atoms with Crippen LogP contribution in [0.3, 0.4) is 0 Å². The summed E-state index contributed by atoms with van der Waals surface area (Å²) in [4.78, 5) is 27.3. The number of aromatic nitrogens is 4. The van der Waals surface area contributed by atoms with Crippen molar-refractivity contribution in [3.8, 4) is 0 Å². The van der Waals surface area contributed by atoms with Gasteiger partial charge in [0.2, 0.25) is 10.6 Å². The first-order valence-electron chi connectivity index (χ1n) is 10.8. The zero-order chi connectivity index (χ0) is 27.0. The number of fused-ring (bicyclic) bond motifs is 1. The van der Waals surface area contributed by atoms with E-state index in [9.17, 15) is 34.8 Å². The Morgan fingerprint density at radius 1 is 1.11 bits per heavy atom. The summed E-state index contributed by atoms with van der Waals surface area (Å²) in [6.07, 6.45) is -4.30. The molecule has 0 radical (unpaired) electrons. The molecule has 37 heavy (non-hydrogen) atoms. The smallest absolute Gasteiger partial charge is 0.361 e. The Hall–Kier alpha value is -1.94. The minimum Gasteiger partial charge on any atom is -0.393 e. The van der Waals surface area contributed by atoms with Crippen molar-refractivity contribution < 1.29 is 44.3 Å². The van der Waals surface area contributed by atoms with Crippen LogP contribution in [0.1, 0.15) is 11.8 Å². The van der Waals surface area contributed by atoms with Crippen LogP contribution < -0.4 is 5.32 Å². The molecule has 7 N–H and O–H groups in total. The first-order valence-corrected chi connectivity index (χ1v) is 13.2. The molecule has 1 aliphatic rings. The predicted molar refractivity (Wildman–Crippen MR) is 130 cm³/mol. The van der Waals surface area contributed by atoms with E-state index in [1.54, 1.807) is 12.1 Å². The summed E-state index contributed by atoms with van der Waals surface area (Å²) in [5, 5.41) is 45.6. The van der Waals surface area contributed by atoms with Gasteiger partial charge in [-0.3, -0.25) is 4.57 Å². The van der Waals surface area contributed by atoms with Crippen LogP contribution in [-0.4, -0.2) is 93.4 Å². The van der Waals surface area contributed by atoms with Gasteiger partial charge in [0.25, 0.3) is 0 Å². The lowest BCUT2D eigenvalue weighted by molar-refractivity contribution is -0.121. The fourth-order valence-corrected chi connectivity index (χ4v) is 4.63. The van der Waals surface area contributed by atoms with Gasteiger partial charge in [-0.2, -0.15) is 15.1 Å². The van der Waals surface area contributed by atoms with Crippen molar-refractivity contribution in [1.29, 1.82) is 0 Å². The molecule has 17 heteroatoms. The lowest BCUT2D eigenvalue weighted by Gasteiger charge is -2.31. The molecular formula is C20H24Cl2N5O9P. The van der Waals surface area contributed by atoms with Crippen LogP contribution >= 0.6 is 30.8 Å². The number of rotatable bonds is 10. The summed E-state index contributed by atoms with van der Waals surface area (Å²) < 4.78 is 23.7. The Balaban J connectivity index is 1.55. The molecule has 1 saturated heterocycles. The molecule has 1 aliphatic heterocycles. The molecular weight excluding hydrogens is 556 g/mol. The highest BCUT2D eigenvalue weighted by Crippen LogP contribution is 2.51. The fraction of sp³-hybridized carbons (Fsp3) is 0.450. The number of nitrogens with one attached hydrogen (secondary N) is 1. The fourth-order valence-electron chi connectivity index (χ4n) is 3.72. The summed E-state index contributed by atoms with van der Waals surface area (Å²) in [6, 6.07) is 7.16. The number of hydrogen-bond donors (Lipinski definition) is 7. The van der Waals surface area contributed by atoms with Gasteiger partial charge in [0.1, 0.15) is 24.1 Å². The second kappa shape index (κ2) is 11.0. The van der Waals surface area contributed by atoms with Crippen LogP contribution in [0.15, 0.2) is 30.5 Å². The number of nitrogens with zero attached hydrogens (tertiary/aromatic N) is 4. The third kappa shape index (κ3) is 5.60.